The summed E-state index contributed by atoms with van der Waals surface area (Å²) in [6.45, 7) is 1.34. The Balaban J connectivity index is 1.64. The molecule has 2 heterocycles. The lowest BCUT2D eigenvalue weighted by molar-refractivity contribution is 0.0691. The molecule has 1 aromatic heterocycles. The molecule has 0 aliphatic carbocycles. The van der Waals surface area contributed by atoms with E-state index in [4.69, 9.17) is 4.74 Å². The fourth-order valence-electron chi connectivity index (χ4n) is 2.65. The molecule has 0 N–H and O–H groups in total. The van der Waals surface area contributed by atoms with Crippen molar-refractivity contribution in [1.29, 1.82) is 0 Å². The fraction of sp³-hybridized carbons (Fsp3) is 0.294. The van der Waals surface area contributed by atoms with Crippen LogP contribution >= 0.6 is 0 Å². The molecule has 4 nitrogen and oxygen atoms in total. The van der Waals surface area contributed by atoms with E-state index in [1.54, 1.807) is 24.5 Å². The van der Waals surface area contributed by atoms with Crippen LogP contribution in [0.1, 0.15) is 23.2 Å². The Bertz CT molecular complexity index is 586. The molecule has 1 aliphatic rings. The van der Waals surface area contributed by atoms with Gasteiger partial charge in [-0.3, -0.25) is 9.78 Å². The highest BCUT2D eigenvalue weighted by molar-refractivity contribution is 5.94. The van der Waals surface area contributed by atoms with Crippen molar-refractivity contribution in [2.24, 2.45) is 0 Å². The Morgan fingerprint density at radius 2 is 1.95 bits per heavy atom. The van der Waals surface area contributed by atoms with E-state index in [2.05, 4.69) is 4.98 Å². The molecular formula is C17H18N2O2. The number of nitrogens with zero attached hydrogens (tertiary/aromatic N) is 2. The van der Waals surface area contributed by atoms with Crippen molar-refractivity contribution in [3.05, 3.63) is 60.4 Å². The van der Waals surface area contributed by atoms with Crippen LogP contribution in [0.25, 0.3) is 0 Å². The van der Waals surface area contributed by atoms with Gasteiger partial charge < -0.3 is 9.64 Å². The van der Waals surface area contributed by atoms with Gasteiger partial charge in [-0.15, -0.1) is 0 Å². The van der Waals surface area contributed by atoms with Gasteiger partial charge in [-0.05, 0) is 37.1 Å². The van der Waals surface area contributed by atoms with Gasteiger partial charge in [-0.1, -0.05) is 18.2 Å². The number of amides is 1. The summed E-state index contributed by atoms with van der Waals surface area (Å²) in [5, 5.41) is 0. The molecule has 108 valence electrons. The normalized spacial score (nSPS) is 17.7. The van der Waals surface area contributed by atoms with E-state index in [1.165, 1.54) is 0 Å². The predicted molar refractivity (Wildman–Crippen MR) is 80.2 cm³/mol. The van der Waals surface area contributed by atoms with E-state index in [0.717, 1.165) is 25.1 Å². The lowest BCUT2D eigenvalue weighted by Gasteiger charge is -2.24. The van der Waals surface area contributed by atoms with E-state index in [-0.39, 0.29) is 11.9 Å². The fourth-order valence-corrected chi connectivity index (χ4v) is 2.65. The Labute approximate surface area is 124 Å². The second-order valence-corrected chi connectivity index (χ2v) is 5.15. The standard InChI is InChI=1S/C17H18N2O2/c20-17(14-8-10-18-11-9-14)19-12-4-5-15(19)13-21-16-6-2-1-3-7-16/h1-3,6-11,15H,4-5,12-13H2/t15-/m1/s1. The van der Waals surface area contributed by atoms with Gasteiger partial charge in [0.05, 0.1) is 6.04 Å². The van der Waals surface area contributed by atoms with E-state index >= 15 is 0 Å². The van der Waals surface area contributed by atoms with Gasteiger partial charge in [-0.2, -0.15) is 0 Å². The van der Waals surface area contributed by atoms with Crippen molar-refractivity contribution in [1.82, 2.24) is 9.88 Å². The average Bonchev–Trinajstić information content (AvgIpc) is 3.02. The Kier molecular flexibility index (Phi) is 4.15. The van der Waals surface area contributed by atoms with Crippen LogP contribution in [0.5, 0.6) is 5.75 Å². The Hall–Kier alpha value is -2.36. The molecule has 0 unspecified atom stereocenters. The molecule has 1 aromatic carbocycles. The molecule has 0 bridgehead atoms. The summed E-state index contributed by atoms with van der Waals surface area (Å²) < 4.78 is 5.80. The Morgan fingerprint density at radius 1 is 1.19 bits per heavy atom. The molecule has 0 radical (unpaired) electrons. The number of likely N-dealkylation sites (tertiary alicyclic amines) is 1. The molecular weight excluding hydrogens is 264 g/mol. The minimum absolute atomic E-state index is 0.0663. The van der Waals surface area contributed by atoms with Gasteiger partial charge in [0.25, 0.3) is 5.91 Å². The number of pyridine rings is 1. The number of para-hydroxylation sites is 1. The number of carbonyl (C=O) groups excluding carboxylic acids is 1. The van der Waals surface area contributed by atoms with Crippen molar-refractivity contribution in [2.75, 3.05) is 13.2 Å². The molecule has 1 saturated heterocycles. The van der Waals surface area contributed by atoms with Crippen molar-refractivity contribution < 1.29 is 9.53 Å². The molecule has 21 heavy (non-hydrogen) atoms. The lowest BCUT2D eigenvalue weighted by Crippen LogP contribution is -2.39. The highest BCUT2D eigenvalue weighted by Crippen LogP contribution is 2.21. The zero-order chi connectivity index (χ0) is 14.5. The van der Waals surface area contributed by atoms with Gasteiger partial charge in [0, 0.05) is 24.5 Å². The van der Waals surface area contributed by atoms with Crippen molar-refractivity contribution in [3.63, 3.8) is 0 Å². The number of aromatic nitrogens is 1. The number of ether oxygens (including phenoxy) is 1. The van der Waals surface area contributed by atoms with E-state index in [1.807, 2.05) is 35.2 Å². The molecule has 4 heteroatoms. The first-order valence-electron chi connectivity index (χ1n) is 7.23. The largest absolute Gasteiger partial charge is 0.491 e. The molecule has 2 aromatic rings. The van der Waals surface area contributed by atoms with Crippen molar-refractivity contribution >= 4 is 5.91 Å². The molecule has 1 aliphatic heterocycles. The van der Waals surface area contributed by atoms with Crippen LogP contribution in [0.4, 0.5) is 0 Å². The zero-order valence-corrected chi connectivity index (χ0v) is 11.8. The van der Waals surface area contributed by atoms with Crippen LogP contribution in [0.2, 0.25) is 0 Å². The molecule has 1 amide bonds. The topological polar surface area (TPSA) is 42.4 Å². The summed E-state index contributed by atoms with van der Waals surface area (Å²) in [6, 6.07) is 13.4. The molecule has 1 fully saturated rings. The van der Waals surface area contributed by atoms with E-state index < -0.39 is 0 Å². The van der Waals surface area contributed by atoms with Crippen LogP contribution < -0.4 is 4.74 Å². The molecule has 0 saturated carbocycles. The number of carbonyl (C=O) groups is 1. The maximum Gasteiger partial charge on any atom is 0.254 e. The van der Waals surface area contributed by atoms with Crippen LogP contribution in [0.15, 0.2) is 54.9 Å². The first kappa shape index (κ1) is 13.6. The monoisotopic (exact) mass is 282 g/mol. The molecule has 1 atom stereocenters. The Morgan fingerprint density at radius 3 is 2.71 bits per heavy atom. The first-order chi connectivity index (χ1) is 10.3. The summed E-state index contributed by atoms with van der Waals surface area (Å²) in [4.78, 5) is 18.4. The number of benzene rings is 1. The van der Waals surface area contributed by atoms with Crippen LogP contribution in [0.3, 0.4) is 0 Å². The van der Waals surface area contributed by atoms with Gasteiger partial charge in [0.1, 0.15) is 12.4 Å². The molecule has 3 rings (SSSR count). The number of hydrogen-bond acceptors (Lipinski definition) is 3. The minimum atomic E-state index is 0.0663. The second-order valence-electron chi connectivity index (χ2n) is 5.15. The van der Waals surface area contributed by atoms with Crippen LogP contribution in [-0.2, 0) is 0 Å². The third kappa shape index (κ3) is 3.21. The van der Waals surface area contributed by atoms with Gasteiger partial charge in [-0.25, -0.2) is 0 Å². The maximum atomic E-state index is 12.5. The van der Waals surface area contributed by atoms with Gasteiger partial charge >= 0.3 is 0 Å². The third-order valence-corrected chi connectivity index (χ3v) is 3.75. The first-order valence-corrected chi connectivity index (χ1v) is 7.23. The lowest BCUT2D eigenvalue weighted by atomic mass is 10.2. The number of hydrogen-bond donors (Lipinski definition) is 0. The summed E-state index contributed by atoms with van der Waals surface area (Å²) in [5.41, 5.74) is 0.691. The van der Waals surface area contributed by atoms with Gasteiger partial charge in [0.2, 0.25) is 0 Å². The quantitative estimate of drug-likeness (QED) is 0.866. The van der Waals surface area contributed by atoms with Crippen LogP contribution in [0, 0.1) is 0 Å². The third-order valence-electron chi connectivity index (χ3n) is 3.75. The highest BCUT2D eigenvalue weighted by atomic mass is 16.5. The maximum absolute atomic E-state index is 12.5. The summed E-state index contributed by atoms with van der Waals surface area (Å²) >= 11 is 0. The highest BCUT2D eigenvalue weighted by Gasteiger charge is 2.29. The summed E-state index contributed by atoms with van der Waals surface area (Å²) in [7, 11) is 0. The van der Waals surface area contributed by atoms with E-state index in [0.29, 0.717) is 12.2 Å². The van der Waals surface area contributed by atoms with Gasteiger partial charge in [0.15, 0.2) is 0 Å². The minimum Gasteiger partial charge on any atom is -0.491 e. The molecule has 0 spiro atoms. The average molecular weight is 282 g/mol. The summed E-state index contributed by atoms with van der Waals surface area (Å²) in [5.74, 6) is 0.914. The SMILES string of the molecule is O=C(c1ccncc1)N1CCC[C@@H]1COc1ccccc1. The summed E-state index contributed by atoms with van der Waals surface area (Å²) in [6.07, 6.45) is 5.32. The smallest absolute Gasteiger partial charge is 0.254 e. The zero-order valence-electron chi connectivity index (χ0n) is 11.8. The van der Waals surface area contributed by atoms with Crippen molar-refractivity contribution in [2.45, 2.75) is 18.9 Å². The van der Waals surface area contributed by atoms with Crippen molar-refractivity contribution in [3.8, 4) is 5.75 Å². The van der Waals surface area contributed by atoms with E-state index in [9.17, 15) is 4.79 Å². The predicted octanol–water partition coefficient (Wildman–Crippen LogP) is 2.77. The second kappa shape index (κ2) is 6.39. The number of rotatable bonds is 4. The van der Waals surface area contributed by atoms with Crippen LogP contribution in [-0.4, -0.2) is 35.0 Å².